The number of aliphatic carboxylic acids is 1. The first kappa shape index (κ1) is 86.6. The second-order valence-electron chi connectivity index (χ2n) is 26.2. The highest BCUT2D eigenvalue weighted by molar-refractivity contribution is 7.80. The zero-order chi connectivity index (χ0) is 77.0. The number of aromatic amines is 2. The fourth-order valence-corrected chi connectivity index (χ4v) is 11.4. The topological polar surface area (TPSA) is 434 Å². The molecule has 0 saturated carbocycles. The van der Waals surface area contributed by atoms with Crippen LogP contribution < -0.4 is 57.9 Å². The molecule has 5 rings (SSSR count). The quantitative estimate of drug-likeness (QED) is 0.0115. The molecular weight excluding hydrogens is 1400 g/mol. The molecule has 32 heteroatoms. The van der Waals surface area contributed by atoms with Crippen LogP contribution in [0, 0.1) is 17.8 Å². The van der Waals surface area contributed by atoms with E-state index in [1.807, 2.05) is 56.3 Å². The van der Waals surface area contributed by atoms with Crippen molar-refractivity contribution >= 4 is 118 Å². The molecule has 0 aliphatic carbocycles. The van der Waals surface area contributed by atoms with E-state index < -0.39 is 145 Å². The summed E-state index contributed by atoms with van der Waals surface area (Å²) in [5.41, 5.74) is 3.29. The molecular formula is C73H104N12O18S2. The largest absolute Gasteiger partial charge is 0.481 e. The van der Waals surface area contributed by atoms with E-state index in [0.717, 1.165) is 27.4 Å². The lowest BCUT2D eigenvalue weighted by Crippen LogP contribution is -2.60. The number of hydrogen-bond acceptors (Lipinski definition) is 19. The first-order valence-electron chi connectivity index (χ1n) is 35.4. The molecule has 0 spiro atoms. The van der Waals surface area contributed by atoms with Crippen molar-refractivity contribution in [2.45, 2.75) is 161 Å². The Bertz CT molecular complexity index is 3680. The number of esters is 1. The van der Waals surface area contributed by atoms with Crippen molar-refractivity contribution < 1.29 is 86.7 Å². The second-order valence-corrected chi connectivity index (χ2v) is 27.1. The van der Waals surface area contributed by atoms with Crippen LogP contribution in [0.25, 0.3) is 21.8 Å². The molecule has 2 aromatic heterocycles. The van der Waals surface area contributed by atoms with Crippen LogP contribution in [-0.4, -0.2) is 210 Å². The third kappa shape index (κ3) is 30.5. The summed E-state index contributed by atoms with van der Waals surface area (Å²) in [5, 5.41) is 47.0. The van der Waals surface area contributed by atoms with Crippen LogP contribution in [-0.2, 0) is 91.0 Å². The molecule has 30 nitrogen and oxygen atoms in total. The van der Waals surface area contributed by atoms with Gasteiger partial charge in [-0.2, -0.15) is 25.3 Å². The predicted molar refractivity (Wildman–Crippen MR) is 399 cm³/mol. The van der Waals surface area contributed by atoms with E-state index >= 15 is 4.79 Å². The monoisotopic (exact) mass is 1500 g/mol. The van der Waals surface area contributed by atoms with Crippen molar-refractivity contribution in [3.63, 3.8) is 0 Å². The predicted octanol–water partition coefficient (Wildman–Crippen LogP) is 2.40. The van der Waals surface area contributed by atoms with Crippen LogP contribution in [0.5, 0.6) is 5.75 Å². The normalized spacial score (nSPS) is 13.9. The number of aromatic nitrogens is 2. The minimum atomic E-state index is -1.59. The number of para-hydroxylation sites is 2. The van der Waals surface area contributed by atoms with Crippen LogP contribution >= 0.6 is 25.3 Å². The van der Waals surface area contributed by atoms with E-state index in [9.17, 15) is 57.8 Å². The van der Waals surface area contributed by atoms with Gasteiger partial charge in [0, 0.05) is 78.6 Å². The summed E-state index contributed by atoms with van der Waals surface area (Å²) in [6.45, 7) is 12.5. The van der Waals surface area contributed by atoms with E-state index in [-0.39, 0.29) is 121 Å². The maximum atomic E-state index is 15.0. The molecule has 0 radical (unpaired) electrons. The zero-order valence-corrected chi connectivity index (χ0v) is 62.4. The number of H-pyrrole nitrogens is 2. The highest BCUT2D eigenvalue weighted by Gasteiger charge is 2.36. The molecule has 3 aromatic carbocycles. The Kier molecular flexibility index (Phi) is 37.9. The van der Waals surface area contributed by atoms with E-state index in [1.165, 1.54) is 19.1 Å². The number of aliphatic hydroxyl groups excluding tert-OH is 1. The van der Waals surface area contributed by atoms with Gasteiger partial charge in [-0.3, -0.25) is 57.5 Å². The third-order valence-electron chi connectivity index (χ3n) is 16.9. The summed E-state index contributed by atoms with van der Waals surface area (Å²) in [6, 6.07) is 10.2. The lowest BCUT2D eigenvalue weighted by molar-refractivity contribution is -0.138. The van der Waals surface area contributed by atoms with Gasteiger partial charge in [-0.1, -0.05) is 96.5 Å². The van der Waals surface area contributed by atoms with Gasteiger partial charge in [-0.15, -0.1) is 0 Å². The molecule has 9 atom stereocenters. The number of carboxylic acid groups (broad SMARTS) is 1. The van der Waals surface area contributed by atoms with E-state index in [0.29, 0.717) is 23.3 Å². The number of rotatable bonds is 49. The Morgan fingerprint density at radius 1 is 0.495 bits per heavy atom. The molecule has 0 aliphatic rings. The van der Waals surface area contributed by atoms with E-state index in [1.54, 1.807) is 58.3 Å². The second kappa shape index (κ2) is 46.0. The van der Waals surface area contributed by atoms with Gasteiger partial charge < -0.3 is 92.3 Å². The number of nitrogens with one attached hydrogen (secondary N) is 12. The highest BCUT2D eigenvalue weighted by Crippen LogP contribution is 2.23. The smallest absolute Gasteiger partial charge is 0.313 e. The molecule has 0 fully saturated rings. The van der Waals surface area contributed by atoms with Crippen LogP contribution in [0.3, 0.4) is 0 Å². The summed E-state index contributed by atoms with van der Waals surface area (Å²) in [7, 11) is 0. The lowest BCUT2D eigenvalue weighted by atomic mass is 9.97. The molecule has 0 aliphatic heterocycles. The molecule has 14 N–H and O–H groups in total. The summed E-state index contributed by atoms with van der Waals surface area (Å²) < 4.78 is 21.7. The molecule has 2 heterocycles. The van der Waals surface area contributed by atoms with Crippen molar-refractivity contribution in [1.82, 2.24) is 63.1 Å². The maximum absolute atomic E-state index is 15.0. The fourth-order valence-electron chi connectivity index (χ4n) is 11.1. The van der Waals surface area contributed by atoms with E-state index in [4.69, 9.17) is 24.1 Å². The maximum Gasteiger partial charge on any atom is 0.313 e. The van der Waals surface area contributed by atoms with Gasteiger partial charge >= 0.3 is 11.9 Å². The van der Waals surface area contributed by atoms with Gasteiger partial charge in [0.25, 0.3) is 0 Å². The average molecular weight is 1500 g/mol. The Hall–Kier alpha value is -9.08. The van der Waals surface area contributed by atoms with Gasteiger partial charge in [0.1, 0.15) is 54.1 Å². The van der Waals surface area contributed by atoms with Gasteiger partial charge in [0.2, 0.25) is 59.1 Å². The van der Waals surface area contributed by atoms with Crippen molar-refractivity contribution in [2.24, 2.45) is 17.8 Å². The summed E-state index contributed by atoms with van der Waals surface area (Å²) >= 11 is 8.32. The van der Waals surface area contributed by atoms with Gasteiger partial charge in [-0.25, -0.2) is 0 Å². The average Bonchev–Trinajstić information content (AvgIpc) is 1.72. The standard InChI is InChI=1S/C73H104N12O18S2/c1-8-45(6)35-57(68(94)77-42-62(88)79-55(20-21-63(89)90)69(95)81-56(34-43(2)3)72(98)85-65(44(4)5)73(99)84-59(67(93)74-24-33-105)38-48-40-75-53-18-11-9-16-51(48)53)82-70(96)58(37-47-14-13-15-50(36-47)103-64(91)22-26-100-28-30-102-31-29-101-27-25-86)83-71(97)60(80-66(92)46(7)78-61(87)23-32-104)39-49-41-76-54-19-12-10-17-52(49)54/h9-19,36,40-41,43-46,55-60,65,75-76,86,104-105H,8,20-35,37-39,42H2,1-7H3,(H,74,93)(H,77,94)(H,78,87)(H,79,88)(H,80,92)(H,81,95)(H,82,96)(H,83,97)(H,84,99)(H,85,98)(H,89,90)/t45?,46-,55-,56-,57-,58-,59-,60-,65?/m0/s1. The first-order chi connectivity index (χ1) is 50.2. The summed E-state index contributed by atoms with van der Waals surface area (Å²) in [6.07, 6.45) is 2.41. The van der Waals surface area contributed by atoms with Crippen LogP contribution in [0.15, 0.2) is 85.2 Å². The number of hydrogen-bond donors (Lipinski definition) is 16. The Balaban J connectivity index is 1.36. The number of thiol groups is 2. The Morgan fingerprint density at radius 2 is 1.02 bits per heavy atom. The molecule has 0 saturated heterocycles. The van der Waals surface area contributed by atoms with Crippen LogP contribution in [0.1, 0.15) is 110 Å². The zero-order valence-electron chi connectivity index (χ0n) is 60.6. The lowest BCUT2D eigenvalue weighted by Gasteiger charge is -2.29. The number of aliphatic hydroxyl groups is 1. The highest BCUT2D eigenvalue weighted by atomic mass is 32.1. The van der Waals surface area contributed by atoms with Crippen LogP contribution in [0.2, 0.25) is 0 Å². The summed E-state index contributed by atoms with van der Waals surface area (Å²) in [5.74, 6) is -10.1. The minimum absolute atomic E-state index is 0.00151. The first-order valence-corrected chi connectivity index (χ1v) is 36.6. The molecule has 5 aromatic rings. The SMILES string of the molecule is CCC(C)C[C@H](NC(=O)[C@H](Cc1cccc(OC(=O)CCOCCOCCOCCO)c1)NC(=O)[C@H](Cc1c[nH]c2ccccc12)NC(=O)[C@H](C)NC(=O)CCS)C(=O)NCC(=O)N[C@@H](CCC(=O)O)C(=O)N[C@@H](CC(C)C)C(=O)NC(C(=O)N[C@@H](Cc1c[nH]c2ccccc12)C(=O)NCCS)C(C)C. The molecule has 2 unspecified atom stereocenters. The van der Waals surface area contributed by atoms with Crippen molar-refractivity contribution in [3.05, 3.63) is 102 Å². The van der Waals surface area contributed by atoms with Gasteiger partial charge in [0.05, 0.1) is 59.2 Å². The van der Waals surface area contributed by atoms with Crippen molar-refractivity contribution in [3.8, 4) is 5.75 Å². The Morgan fingerprint density at radius 3 is 1.59 bits per heavy atom. The van der Waals surface area contributed by atoms with Crippen molar-refractivity contribution in [1.29, 1.82) is 0 Å². The fraction of sp³-hybridized carbons (Fsp3) is 0.534. The number of carboxylic acids is 1. The number of carbonyl (C=O) groups excluding carboxylic acids is 11. The molecule has 10 amide bonds. The van der Waals surface area contributed by atoms with E-state index in [2.05, 4.69) is 88.4 Å². The van der Waals surface area contributed by atoms with Gasteiger partial charge in [0.15, 0.2) is 0 Å². The molecule has 0 bridgehead atoms. The van der Waals surface area contributed by atoms with Gasteiger partial charge in [-0.05, 0) is 90.6 Å². The number of ether oxygens (including phenoxy) is 4. The number of fused-ring (bicyclic) bond motifs is 2. The Labute approximate surface area is 622 Å². The number of amides is 10. The summed E-state index contributed by atoms with van der Waals surface area (Å²) in [4.78, 5) is 173. The van der Waals surface area contributed by atoms with Crippen LogP contribution in [0.4, 0.5) is 0 Å². The molecule has 105 heavy (non-hydrogen) atoms. The van der Waals surface area contributed by atoms with Crippen molar-refractivity contribution in [2.75, 3.05) is 70.8 Å². The minimum Gasteiger partial charge on any atom is -0.481 e. The number of carbonyl (C=O) groups is 12. The number of benzene rings is 3. The molecule has 576 valence electrons. The third-order valence-corrected chi connectivity index (χ3v) is 17.3.